The first-order chi connectivity index (χ1) is 18.6. The Morgan fingerprint density at radius 3 is 2.59 bits per heavy atom. The fourth-order valence-electron chi connectivity index (χ4n) is 3.75. The molecule has 0 aliphatic heterocycles. The van der Waals surface area contributed by atoms with Crippen LogP contribution in [0.4, 0.5) is 14.5 Å². The number of nitrogens with zero attached hydrogens (tertiary/aromatic N) is 3. The molecule has 0 spiro atoms. The molecule has 11 nitrogen and oxygen atoms in total. The summed E-state index contributed by atoms with van der Waals surface area (Å²) in [5, 5.41) is 9.31. The molecule has 3 N–H and O–H groups in total. The number of ether oxygens (including phenoxy) is 2. The van der Waals surface area contributed by atoms with Gasteiger partial charge in [-0.1, -0.05) is 0 Å². The molecule has 4 rings (SSSR count). The van der Waals surface area contributed by atoms with E-state index >= 15 is 0 Å². The number of aryl methyl sites for hydroxylation is 1. The summed E-state index contributed by atoms with van der Waals surface area (Å²) in [6, 6.07) is 7.01. The summed E-state index contributed by atoms with van der Waals surface area (Å²) in [6.07, 6.45) is 3.20. The van der Waals surface area contributed by atoms with E-state index in [4.69, 9.17) is 14.7 Å². The summed E-state index contributed by atoms with van der Waals surface area (Å²) < 4.78 is 66.7. The summed E-state index contributed by atoms with van der Waals surface area (Å²) in [4.78, 5) is 23.2. The summed E-state index contributed by atoms with van der Waals surface area (Å²) in [5.74, 6) is -2.42. The van der Waals surface area contributed by atoms with E-state index in [0.29, 0.717) is 46.0 Å². The van der Waals surface area contributed by atoms with Crippen LogP contribution in [0.2, 0.25) is 0 Å². The number of benzene rings is 2. The lowest BCUT2D eigenvalue weighted by Crippen LogP contribution is -2.18. The van der Waals surface area contributed by atoms with Gasteiger partial charge < -0.3 is 9.47 Å². The molecule has 1 amide bonds. The van der Waals surface area contributed by atoms with Gasteiger partial charge in [0.05, 0.1) is 13.7 Å². The van der Waals surface area contributed by atoms with E-state index in [9.17, 15) is 22.0 Å². The molecule has 0 bridgehead atoms. The molecule has 14 heteroatoms. The molecule has 204 valence electrons. The van der Waals surface area contributed by atoms with Crippen LogP contribution in [0.5, 0.6) is 11.6 Å². The van der Waals surface area contributed by atoms with Crippen LogP contribution >= 0.6 is 0 Å². The Kier molecular flexibility index (Phi) is 8.16. The first-order valence-corrected chi connectivity index (χ1v) is 12.9. The van der Waals surface area contributed by atoms with Crippen molar-refractivity contribution < 1.29 is 36.7 Å². The minimum atomic E-state index is -4.47. The monoisotopic (exact) mass is 559 g/mol. The van der Waals surface area contributed by atoms with E-state index in [-0.39, 0.29) is 24.6 Å². The number of halogens is 2. The number of amides is 1. The van der Waals surface area contributed by atoms with Crippen LogP contribution in [0, 0.1) is 18.6 Å². The van der Waals surface area contributed by atoms with Gasteiger partial charge in [0.1, 0.15) is 39.8 Å². The molecule has 4 aromatic rings. The molecule has 2 aromatic heterocycles. The van der Waals surface area contributed by atoms with Crippen LogP contribution in [-0.4, -0.2) is 48.2 Å². The van der Waals surface area contributed by atoms with Gasteiger partial charge in [-0.05, 0) is 49.2 Å². The molecule has 0 saturated carbocycles. The lowest BCUT2D eigenvalue weighted by molar-refractivity contribution is -0.129. The number of aromatic nitrogens is 3. The van der Waals surface area contributed by atoms with Gasteiger partial charge in [-0.2, -0.15) is 0 Å². The van der Waals surface area contributed by atoms with Gasteiger partial charge in [-0.3, -0.25) is 14.7 Å². The van der Waals surface area contributed by atoms with E-state index < -0.39 is 32.5 Å². The quantitative estimate of drug-likeness (QED) is 0.150. The maximum Gasteiger partial charge on any atom is 0.264 e. The van der Waals surface area contributed by atoms with Crippen molar-refractivity contribution >= 4 is 32.5 Å². The van der Waals surface area contributed by atoms with Gasteiger partial charge >= 0.3 is 0 Å². The van der Waals surface area contributed by atoms with Crippen LogP contribution < -0.4 is 19.7 Å². The highest BCUT2D eigenvalue weighted by molar-refractivity contribution is 7.92. The van der Waals surface area contributed by atoms with Crippen molar-refractivity contribution in [2.24, 2.45) is 0 Å². The Balaban J connectivity index is 1.73. The fraction of sp³-hybridized carbons (Fsp3) is 0.200. The molecule has 0 fully saturated rings. The van der Waals surface area contributed by atoms with Crippen molar-refractivity contribution in [1.82, 2.24) is 20.4 Å². The maximum atomic E-state index is 14.2. The number of anilines is 1. The zero-order chi connectivity index (χ0) is 28.2. The van der Waals surface area contributed by atoms with Crippen molar-refractivity contribution in [3.63, 3.8) is 0 Å². The van der Waals surface area contributed by atoms with Crippen molar-refractivity contribution in [3.05, 3.63) is 66.3 Å². The van der Waals surface area contributed by atoms with Gasteiger partial charge in [0, 0.05) is 35.3 Å². The number of carbonyl (C=O) groups is 1. The van der Waals surface area contributed by atoms with Crippen LogP contribution in [0.15, 0.2) is 53.8 Å². The molecule has 39 heavy (non-hydrogen) atoms. The summed E-state index contributed by atoms with van der Waals surface area (Å²) in [7, 11) is -3.18. The number of nitrogens with one attached hydrogen (secondary N) is 2. The summed E-state index contributed by atoms with van der Waals surface area (Å²) in [5.41, 5.74) is 3.66. The average molecular weight is 560 g/mol. The molecule has 0 unspecified atom stereocenters. The predicted molar refractivity (Wildman–Crippen MR) is 136 cm³/mol. The number of carbonyl (C=O) groups excluding carboxylic acids is 1. The van der Waals surface area contributed by atoms with Crippen molar-refractivity contribution in [2.45, 2.75) is 24.7 Å². The highest BCUT2D eigenvalue weighted by atomic mass is 32.2. The number of hydroxylamine groups is 1. The maximum absolute atomic E-state index is 14.2. The lowest BCUT2D eigenvalue weighted by atomic mass is 10.0. The first kappa shape index (κ1) is 27.6. The molecule has 0 saturated heterocycles. The number of hydrogen-bond acceptors (Lipinski definition) is 9. The topological polar surface area (TPSA) is 153 Å². The third kappa shape index (κ3) is 6.18. The molecule has 0 radical (unpaired) electrons. The smallest absolute Gasteiger partial charge is 0.264 e. The number of rotatable bonds is 10. The van der Waals surface area contributed by atoms with Gasteiger partial charge in [-0.25, -0.2) is 37.6 Å². The molecule has 0 aliphatic carbocycles. The van der Waals surface area contributed by atoms with Crippen LogP contribution in [0.3, 0.4) is 0 Å². The molecular weight excluding hydrogens is 536 g/mol. The Morgan fingerprint density at radius 2 is 1.87 bits per heavy atom. The van der Waals surface area contributed by atoms with E-state index in [1.165, 1.54) is 25.7 Å². The summed E-state index contributed by atoms with van der Waals surface area (Å²) >= 11 is 0. The van der Waals surface area contributed by atoms with E-state index in [2.05, 4.69) is 19.7 Å². The Morgan fingerprint density at radius 1 is 1.08 bits per heavy atom. The average Bonchev–Trinajstić information content (AvgIpc) is 2.90. The van der Waals surface area contributed by atoms with Crippen LogP contribution in [0.1, 0.15) is 18.5 Å². The van der Waals surface area contributed by atoms with Crippen molar-refractivity contribution in [1.29, 1.82) is 0 Å². The number of sulfonamides is 1. The number of methoxy groups -OCH3 is 1. The first-order valence-electron chi connectivity index (χ1n) is 11.5. The molecule has 0 atom stereocenters. The lowest BCUT2D eigenvalue weighted by Gasteiger charge is -2.15. The van der Waals surface area contributed by atoms with E-state index in [1.807, 2.05) is 0 Å². The van der Waals surface area contributed by atoms with Crippen molar-refractivity contribution in [2.75, 3.05) is 18.4 Å². The zero-order valence-corrected chi connectivity index (χ0v) is 21.6. The Bertz CT molecular complexity index is 1650. The second kappa shape index (κ2) is 11.5. The second-order valence-corrected chi connectivity index (χ2v) is 9.93. The molecule has 0 aliphatic rings. The normalized spacial score (nSPS) is 11.3. The highest BCUT2D eigenvalue weighted by Gasteiger charge is 2.22. The van der Waals surface area contributed by atoms with Gasteiger partial charge in [0.25, 0.3) is 10.0 Å². The molecule has 2 heterocycles. The standard InChI is InChI=1S/C25H23F2N5O6S/c1-14-18-8-15(10-21(24(18)30-13-29-14)38-7-3-4-23(33)31-34)16-9-20(25(37-2)28-12-16)32-39(35,36)22-6-5-17(26)11-19(22)27/h5-6,8-13,32,34H,3-4,7H2,1-2H3,(H,31,33). The molecule has 2 aromatic carbocycles. The Labute approximate surface area is 221 Å². The predicted octanol–water partition coefficient (Wildman–Crippen LogP) is 3.75. The SMILES string of the molecule is COc1ncc(-c2cc(OCCCC(=O)NO)c3ncnc(C)c3c2)cc1NS(=O)(=O)c1ccc(F)cc1F. The number of hydrogen-bond donors (Lipinski definition) is 3. The minimum absolute atomic E-state index is 0.0443. The second-order valence-electron chi connectivity index (χ2n) is 8.28. The zero-order valence-electron chi connectivity index (χ0n) is 20.7. The van der Waals surface area contributed by atoms with Crippen LogP contribution in [-0.2, 0) is 14.8 Å². The largest absolute Gasteiger partial charge is 0.491 e. The highest BCUT2D eigenvalue weighted by Crippen LogP contribution is 2.35. The van der Waals surface area contributed by atoms with Gasteiger partial charge in [-0.15, -0.1) is 0 Å². The molecular formula is C25H23F2N5O6S. The number of pyridine rings is 1. The third-order valence-corrected chi connectivity index (χ3v) is 7.04. The third-order valence-electron chi connectivity index (χ3n) is 5.64. The minimum Gasteiger partial charge on any atom is -0.491 e. The van der Waals surface area contributed by atoms with Crippen molar-refractivity contribution in [3.8, 4) is 22.8 Å². The number of fused-ring (bicyclic) bond motifs is 1. The van der Waals surface area contributed by atoms with E-state index in [1.54, 1.807) is 24.5 Å². The van der Waals surface area contributed by atoms with E-state index in [0.717, 1.165) is 12.1 Å². The fourth-order valence-corrected chi connectivity index (χ4v) is 4.85. The van der Waals surface area contributed by atoms with Crippen LogP contribution in [0.25, 0.3) is 22.0 Å². The van der Waals surface area contributed by atoms with Gasteiger partial charge in [0.2, 0.25) is 11.8 Å². The van der Waals surface area contributed by atoms with Gasteiger partial charge in [0.15, 0.2) is 0 Å². The Hall–Kier alpha value is -4.43. The summed E-state index contributed by atoms with van der Waals surface area (Å²) in [6.45, 7) is 1.93.